The van der Waals surface area contributed by atoms with E-state index in [9.17, 15) is 4.79 Å². The van der Waals surface area contributed by atoms with Crippen LogP contribution >= 0.6 is 0 Å². The lowest BCUT2D eigenvalue weighted by Crippen LogP contribution is -2.39. The average molecular weight is 615 g/mol. The molecule has 4 aromatic heterocycles. The fourth-order valence-electron chi connectivity index (χ4n) is 6.58. The fraction of sp³-hybridized carbons (Fsp3) is 0.214. The van der Waals surface area contributed by atoms with Crippen molar-refractivity contribution in [1.29, 1.82) is 0 Å². The van der Waals surface area contributed by atoms with Gasteiger partial charge in [0, 0.05) is 56.9 Å². The van der Waals surface area contributed by atoms with Crippen LogP contribution in [0.2, 0.25) is 0 Å². The molecule has 2 aromatic carbocycles. The number of nitrogens with zero attached hydrogens (tertiary/aromatic N) is 4. The summed E-state index contributed by atoms with van der Waals surface area (Å²) in [6, 6.07) is 36.3. The smallest absolute Gasteiger partial charge is 0.193 e. The Morgan fingerprint density at radius 2 is 0.915 bits per heavy atom. The Morgan fingerprint density at radius 1 is 0.489 bits per heavy atom. The van der Waals surface area contributed by atoms with Gasteiger partial charge in [-0.25, -0.2) is 0 Å². The first-order chi connectivity index (χ1) is 22.5. The third-order valence-corrected chi connectivity index (χ3v) is 9.07. The highest BCUT2D eigenvalue weighted by atomic mass is 16.1. The van der Waals surface area contributed by atoms with Crippen LogP contribution in [-0.2, 0) is 16.2 Å². The summed E-state index contributed by atoms with van der Waals surface area (Å²) in [6.07, 6.45) is 3.80. The van der Waals surface area contributed by atoms with E-state index in [0.717, 1.165) is 56.4 Å². The molecular weight excluding hydrogens is 576 g/mol. The maximum atomic E-state index is 14.0. The van der Waals surface area contributed by atoms with Crippen LogP contribution in [0.4, 0.5) is 0 Å². The molecule has 0 N–H and O–H groups in total. The number of hydrogen-bond donors (Lipinski definition) is 0. The number of ketones is 1. The Balaban J connectivity index is 1.49. The monoisotopic (exact) mass is 614 g/mol. The number of carbonyl (C=O) groups is 1. The third kappa shape index (κ3) is 5.16. The van der Waals surface area contributed by atoms with Gasteiger partial charge in [0.15, 0.2) is 5.78 Å². The summed E-state index contributed by atoms with van der Waals surface area (Å²) < 4.78 is 0. The summed E-state index contributed by atoms with van der Waals surface area (Å²) in [5.74, 6) is 0.00284. The van der Waals surface area contributed by atoms with Crippen molar-refractivity contribution in [3.05, 3.63) is 167 Å². The first-order valence-electron chi connectivity index (χ1n) is 16.1. The number of carbonyl (C=O) groups excluding carboxylic acids is 1. The highest BCUT2D eigenvalue weighted by Gasteiger charge is 2.48. The van der Waals surface area contributed by atoms with Gasteiger partial charge in [-0.05, 0) is 59.7 Å². The predicted molar refractivity (Wildman–Crippen MR) is 188 cm³/mol. The molecule has 232 valence electrons. The number of aromatic nitrogens is 4. The zero-order chi connectivity index (χ0) is 33.0. The third-order valence-electron chi connectivity index (χ3n) is 9.07. The molecule has 0 saturated carbocycles. The average Bonchev–Trinajstić information content (AvgIpc) is 3.08. The summed E-state index contributed by atoms with van der Waals surface area (Å²) in [4.78, 5) is 34.3. The second-order valence-electron chi connectivity index (χ2n) is 14.4. The van der Waals surface area contributed by atoms with Crippen molar-refractivity contribution in [2.45, 2.75) is 57.8 Å². The molecule has 0 amide bonds. The molecule has 0 fully saturated rings. The van der Waals surface area contributed by atoms with Gasteiger partial charge < -0.3 is 0 Å². The van der Waals surface area contributed by atoms with E-state index >= 15 is 0 Å². The number of benzene rings is 2. The number of fused-ring (bicyclic) bond motifs is 2. The quantitative estimate of drug-likeness (QED) is 0.198. The van der Waals surface area contributed by atoms with Crippen molar-refractivity contribution in [3.8, 4) is 22.5 Å². The standard InChI is InChI=1S/C42H38N4O/c1-40(2,3)35-23-21-27(25-43-35)33-17-11-19-37(45-33)42(31-15-9-7-13-29(31)39(47)30-14-8-10-16-32(30)42)38-20-12-18-34(46-38)28-22-24-36(44-26-28)41(4,5)6/h7-26H,1-6H3. The van der Waals surface area contributed by atoms with Crippen LogP contribution in [0.5, 0.6) is 0 Å². The van der Waals surface area contributed by atoms with Crippen LogP contribution in [0.15, 0.2) is 122 Å². The predicted octanol–water partition coefficient (Wildman–Crippen LogP) is 9.12. The van der Waals surface area contributed by atoms with Crippen LogP contribution in [-0.4, -0.2) is 25.7 Å². The number of hydrogen-bond acceptors (Lipinski definition) is 5. The zero-order valence-electron chi connectivity index (χ0n) is 27.7. The van der Waals surface area contributed by atoms with E-state index in [2.05, 4.69) is 77.9 Å². The van der Waals surface area contributed by atoms with Crippen LogP contribution in [0, 0.1) is 0 Å². The van der Waals surface area contributed by atoms with E-state index in [1.54, 1.807) is 0 Å². The van der Waals surface area contributed by atoms with E-state index in [4.69, 9.17) is 19.9 Å². The molecule has 6 aromatic rings. The van der Waals surface area contributed by atoms with Crippen molar-refractivity contribution < 1.29 is 4.79 Å². The molecular formula is C42H38N4O. The summed E-state index contributed by atoms with van der Waals surface area (Å²) in [5.41, 5.74) is 9.02. The first kappa shape index (κ1) is 30.4. The second-order valence-corrected chi connectivity index (χ2v) is 14.4. The highest BCUT2D eigenvalue weighted by molar-refractivity contribution is 6.14. The minimum atomic E-state index is -0.968. The zero-order valence-corrected chi connectivity index (χ0v) is 27.7. The first-order valence-corrected chi connectivity index (χ1v) is 16.1. The van der Waals surface area contributed by atoms with Gasteiger partial charge in [-0.15, -0.1) is 0 Å². The van der Waals surface area contributed by atoms with Gasteiger partial charge in [0.2, 0.25) is 0 Å². The van der Waals surface area contributed by atoms with Gasteiger partial charge in [0.05, 0.1) is 22.8 Å². The van der Waals surface area contributed by atoms with E-state index in [1.165, 1.54) is 0 Å². The van der Waals surface area contributed by atoms with Crippen molar-refractivity contribution in [1.82, 2.24) is 19.9 Å². The van der Waals surface area contributed by atoms with E-state index in [0.29, 0.717) is 11.1 Å². The van der Waals surface area contributed by atoms with Crippen molar-refractivity contribution in [2.75, 3.05) is 0 Å². The Bertz CT molecular complexity index is 1960. The van der Waals surface area contributed by atoms with Crippen LogP contribution in [0.1, 0.15) is 91.4 Å². The van der Waals surface area contributed by atoms with Crippen molar-refractivity contribution in [3.63, 3.8) is 0 Å². The molecule has 5 heteroatoms. The van der Waals surface area contributed by atoms with Gasteiger partial charge in [0.25, 0.3) is 0 Å². The molecule has 0 spiro atoms. The topological polar surface area (TPSA) is 68.6 Å². The molecule has 47 heavy (non-hydrogen) atoms. The van der Waals surface area contributed by atoms with Gasteiger partial charge >= 0.3 is 0 Å². The van der Waals surface area contributed by atoms with Gasteiger partial charge in [-0.3, -0.25) is 24.7 Å². The lowest BCUT2D eigenvalue weighted by atomic mass is 9.62. The molecule has 0 atom stereocenters. The molecule has 0 bridgehead atoms. The minimum absolute atomic E-state index is 0.00284. The Hall–Kier alpha value is -5.29. The molecule has 0 saturated heterocycles. The molecule has 4 heterocycles. The van der Waals surface area contributed by atoms with Crippen molar-refractivity contribution in [2.24, 2.45) is 0 Å². The van der Waals surface area contributed by atoms with Gasteiger partial charge in [-0.2, -0.15) is 0 Å². The van der Waals surface area contributed by atoms with Crippen LogP contribution in [0.25, 0.3) is 22.5 Å². The van der Waals surface area contributed by atoms with Gasteiger partial charge in [0.1, 0.15) is 5.41 Å². The molecule has 1 aliphatic carbocycles. The maximum absolute atomic E-state index is 14.0. The van der Waals surface area contributed by atoms with Crippen LogP contribution in [0.3, 0.4) is 0 Å². The molecule has 5 nitrogen and oxygen atoms in total. The minimum Gasteiger partial charge on any atom is -0.289 e. The Labute approximate surface area is 276 Å². The van der Waals surface area contributed by atoms with Crippen molar-refractivity contribution >= 4 is 5.78 Å². The summed E-state index contributed by atoms with van der Waals surface area (Å²) in [7, 11) is 0. The largest absolute Gasteiger partial charge is 0.289 e. The molecule has 1 aliphatic rings. The molecule has 7 rings (SSSR count). The van der Waals surface area contributed by atoms with Crippen LogP contribution < -0.4 is 0 Å². The van der Waals surface area contributed by atoms with E-state index < -0.39 is 5.41 Å². The molecule has 0 unspecified atom stereocenters. The number of rotatable bonds is 4. The fourth-order valence-corrected chi connectivity index (χ4v) is 6.58. The lowest BCUT2D eigenvalue weighted by Gasteiger charge is -2.40. The molecule has 0 radical (unpaired) electrons. The lowest BCUT2D eigenvalue weighted by molar-refractivity contribution is 0.103. The summed E-state index contributed by atoms with van der Waals surface area (Å²) >= 11 is 0. The number of pyridine rings is 4. The second kappa shape index (κ2) is 11.2. The Morgan fingerprint density at radius 3 is 1.30 bits per heavy atom. The Kier molecular flexibility index (Phi) is 7.24. The summed E-state index contributed by atoms with van der Waals surface area (Å²) in [6.45, 7) is 13.0. The highest BCUT2D eigenvalue weighted by Crippen LogP contribution is 2.50. The normalized spacial score (nSPS) is 14.0. The van der Waals surface area contributed by atoms with Gasteiger partial charge in [-0.1, -0.05) is 102 Å². The van der Waals surface area contributed by atoms with E-state index in [1.807, 2.05) is 85.2 Å². The molecule has 0 aliphatic heterocycles. The van der Waals surface area contributed by atoms with E-state index in [-0.39, 0.29) is 16.6 Å². The summed E-state index contributed by atoms with van der Waals surface area (Å²) in [5, 5.41) is 0. The maximum Gasteiger partial charge on any atom is 0.193 e. The SMILES string of the molecule is CC(C)(C)c1ccc(-c2cccc(C3(c4cccc(-c5ccc(C(C)(C)C)nc5)n4)c4ccccc4C(=O)c4ccccc43)n2)cn1.